The van der Waals surface area contributed by atoms with Crippen LogP contribution in [0.3, 0.4) is 0 Å². The number of aryl methyl sites for hydroxylation is 2. The number of ketones is 1. The molecule has 5 nitrogen and oxygen atoms in total. The van der Waals surface area contributed by atoms with E-state index < -0.39 is 9.84 Å². The highest BCUT2D eigenvalue weighted by Gasteiger charge is 2.31. The average Bonchev–Trinajstić information content (AvgIpc) is 3.10. The van der Waals surface area contributed by atoms with Gasteiger partial charge in [0.15, 0.2) is 0 Å². The number of carbonyl (C=O) groups is 1. The molecule has 4 rings (SSSR count). The molecule has 1 aromatic heterocycles. The summed E-state index contributed by atoms with van der Waals surface area (Å²) >= 11 is 4.40. The summed E-state index contributed by atoms with van der Waals surface area (Å²) in [6.07, 6.45) is 0. The number of sulfone groups is 1. The summed E-state index contributed by atoms with van der Waals surface area (Å²) in [6.45, 7) is 3.93. The number of nitrogens with one attached hydrogen (secondary N) is 1. The zero-order chi connectivity index (χ0) is 23.8. The maximum absolute atomic E-state index is 13.6. The third-order valence-electron chi connectivity index (χ3n) is 5.01. The van der Waals surface area contributed by atoms with E-state index in [0.29, 0.717) is 10.6 Å². The molecule has 0 atom stereocenters. The maximum atomic E-state index is 13.6. The van der Waals surface area contributed by atoms with Crippen molar-refractivity contribution in [3.8, 4) is 0 Å². The minimum atomic E-state index is -3.98. The Labute approximate surface area is 205 Å². The van der Waals surface area contributed by atoms with E-state index in [2.05, 4.69) is 21.2 Å². The number of halogens is 1. The molecule has 0 amide bonds. The van der Waals surface area contributed by atoms with E-state index in [4.69, 9.17) is 5.73 Å². The summed E-state index contributed by atoms with van der Waals surface area (Å²) < 4.78 is 28.0. The lowest BCUT2D eigenvalue weighted by molar-refractivity contribution is 0.104. The molecule has 0 spiro atoms. The number of carbonyl (C=O) groups excluding carboxylic acids is 1. The summed E-state index contributed by atoms with van der Waals surface area (Å²) in [5.74, 6) is -0.331. The van der Waals surface area contributed by atoms with Crippen molar-refractivity contribution < 1.29 is 13.2 Å². The number of rotatable bonds is 6. The normalized spacial score (nSPS) is 11.4. The number of hydrogen-bond acceptors (Lipinski definition) is 6. The molecule has 3 aromatic carbocycles. The van der Waals surface area contributed by atoms with Crippen LogP contribution in [0.15, 0.2) is 87.1 Å². The monoisotopic (exact) mass is 540 g/mol. The van der Waals surface area contributed by atoms with E-state index >= 15 is 0 Å². The molecule has 8 heteroatoms. The van der Waals surface area contributed by atoms with Crippen molar-refractivity contribution in [3.05, 3.63) is 98.8 Å². The summed E-state index contributed by atoms with van der Waals surface area (Å²) in [5, 5.41) is 3.51. The van der Waals surface area contributed by atoms with Crippen molar-refractivity contribution in [2.75, 3.05) is 11.1 Å². The van der Waals surface area contributed by atoms with Gasteiger partial charge in [-0.3, -0.25) is 4.79 Å². The molecule has 168 valence electrons. The maximum Gasteiger partial charge on any atom is 0.211 e. The quantitative estimate of drug-likeness (QED) is 0.272. The van der Waals surface area contributed by atoms with Gasteiger partial charge in [0.25, 0.3) is 0 Å². The highest BCUT2D eigenvalue weighted by atomic mass is 79.9. The lowest BCUT2D eigenvalue weighted by Gasteiger charge is -2.11. The lowest BCUT2D eigenvalue weighted by atomic mass is 10.1. The van der Waals surface area contributed by atoms with Crippen LogP contribution in [-0.4, -0.2) is 14.2 Å². The minimum absolute atomic E-state index is 0.0522. The Morgan fingerprint density at radius 1 is 0.939 bits per heavy atom. The number of nitrogens with two attached hydrogens (primary N) is 1. The molecule has 0 bridgehead atoms. The predicted molar refractivity (Wildman–Crippen MR) is 137 cm³/mol. The van der Waals surface area contributed by atoms with Gasteiger partial charge in [0, 0.05) is 15.7 Å². The first-order valence-electron chi connectivity index (χ1n) is 10.0. The van der Waals surface area contributed by atoms with Crippen LogP contribution in [0.1, 0.15) is 26.4 Å². The Morgan fingerprint density at radius 3 is 2.15 bits per heavy atom. The van der Waals surface area contributed by atoms with Gasteiger partial charge in [-0.1, -0.05) is 40.2 Å². The lowest BCUT2D eigenvalue weighted by Crippen LogP contribution is -2.08. The molecule has 0 aliphatic rings. The van der Waals surface area contributed by atoms with Gasteiger partial charge in [0.05, 0.1) is 10.6 Å². The Morgan fingerprint density at radius 2 is 1.55 bits per heavy atom. The Bertz CT molecular complexity index is 1430. The second kappa shape index (κ2) is 9.13. The van der Waals surface area contributed by atoms with E-state index in [1.54, 1.807) is 42.5 Å². The van der Waals surface area contributed by atoms with Crippen LogP contribution < -0.4 is 11.1 Å². The van der Waals surface area contributed by atoms with Crippen LogP contribution in [0.5, 0.6) is 0 Å². The summed E-state index contributed by atoms with van der Waals surface area (Å²) in [4.78, 5) is 13.5. The third kappa shape index (κ3) is 4.73. The number of benzene rings is 3. The van der Waals surface area contributed by atoms with Crippen LogP contribution >= 0.6 is 27.3 Å². The predicted octanol–water partition coefficient (Wildman–Crippen LogP) is 6.52. The highest BCUT2D eigenvalue weighted by Crippen LogP contribution is 2.44. The molecule has 0 saturated heterocycles. The van der Waals surface area contributed by atoms with Crippen molar-refractivity contribution in [3.63, 3.8) is 0 Å². The van der Waals surface area contributed by atoms with Crippen molar-refractivity contribution in [2.24, 2.45) is 0 Å². The Kier molecular flexibility index (Phi) is 6.43. The van der Waals surface area contributed by atoms with E-state index in [1.165, 1.54) is 12.1 Å². The van der Waals surface area contributed by atoms with Crippen molar-refractivity contribution in [2.45, 2.75) is 23.6 Å². The summed E-state index contributed by atoms with van der Waals surface area (Å²) in [6, 6.07) is 20.8. The second-order valence-electron chi connectivity index (χ2n) is 7.66. The van der Waals surface area contributed by atoms with Crippen molar-refractivity contribution in [1.82, 2.24) is 0 Å². The van der Waals surface area contributed by atoms with Crippen molar-refractivity contribution >= 4 is 59.3 Å². The van der Waals surface area contributed by atoms with Crippen molar-refractivity contribution in [1.29, 1.82) is 0 Å². The van der Waals surface area contributed by atoms with Gasteiger partial charge in [-0.15, -0.1) is 11.3 Å². The fourth-order valence-electron chi connectivity index (χ4n) is 3.57. The smallest absolute Gasteiger partial charge is 0.211 e. The largest absolute Gasteiger partial charge is 0.396 e. The second-order valence-corrected chi connectivity index (χ2v) is 11.5. The van der Waals surface area contributed by atoms with Crippen LogP contribution in [0.25, 0.3) is 0 Å². The molecular formula is C25H21BrN2O3S2. The molecule has 1 heterocycles. The molecule has 0 aliphatic heterocycles. The molecule has 0 saturated carbocycles. The number of hydrogen-bond donors (Lipinski definition) is 2. The van der Waals surface area contributed by atoms with E-state index in [9.17, 15) is 13.2 Å². The number of nitrogen functional groups attached to an aromatic ring is 1. The average molecular weight is 541 g/mol. The SMILES string of the molecule is Cc1cc(C)cc(Nc2sc(C(=O)c3ccc(Br)cc3)c(N)c2S(=O)(=O)c2ccccc2)c1. The molecule has 33 heavy (non-hydrogen) atoms. The van der Waals surface area contributed by atoms with Gasteiger partial charge in [-0.25, -0.2) is 8.42 Å². The fraction of sp³-hybridized carbons (Fsp3) is 0.0800. The van der Waals surface area contributed by atoms with E-state index in [0.717, 1.165) is 32.6 Å². The van der Waals surface area contributed by atoms with Crippen LogP contribution in [0.4, 0.5) is 16.4 Å². The first-order valence-corrected chi connectivity index (χ1v) is 13.1. The fourth-order valence-corrected chi connectivity index (χ4v) is 6.79. The minimum Gasteiger partial charge on any atom is -0.396 e. The third-order valence-corrected chi connectivity index (χ3v) is 8.65. The van der Waals surface area contributed by atoms with Crippen LogP contribution in [0, 0.1) is 13.8 Å². The highest BCUT2D eigenvalue weighted by molar-refractivity contribution is 9.10. The topological polar surface area (TPSA) is 89.3 Å². The standard InChI is InChI=1S/C25H21BrN2O3S2/c1-15-12-16(2)14-19(13-15)28-25-24(33(30,31)20-6-4-3-5-7-20)21(27)23(32-25)22(29)17-8-10-18(26)11-9-17/h3-14,28H,27H2,1-2H3. The van der Waals surface area contributed by atoms with Gasteiger partial charge < -0.3 is 11.1 Å². The molecule has 0 radical (unpaired) electrons. The zero-order valence-electron chi connectivity index (χ0n) is 17.9. The number of thiophene rings is 1. The van der Waals surface area contributed by atoms with E-state index in [1.807, 2.05) is 32.0 Å². The first kappa shape index (κ1) is 23.2. The van der Waals surface area contributed by atoms with Gasteiger partial charge in [-0.2, -0.15) is 0 Å². The first-order chi connectivity index (χ1) is 15.7. The summed E-state index contributed by atoms with van der Waals surface area (Å²) in [5.41, 5.74) is 9.52. The Hall–Kier alpha value is -2.94. The molecule has 4 aromatic rings. The summed E-state index contributed by atoms with van der Waals surface area (Å²) in [7, 11) is -3.98. The molecule has 3 N–H and O–H groups in total. The van der Waals surface area contributed by atoms with Gasteiger partial charge >= 0.3 is 0 Å². The van der Waals surface area contributed by atoms with Gasteiger partial charge in [-0.05, 0) is 73.5 Å². The number of anilines is 3. The van der Waals surface area contributed by atoms with Gasteiger partial charge in [0.2, 0.25) is 15.6 Å². The molecule has 0 aliphatic carbocycles. The molecule has 0 fully saturated rings. The van der Waals surface area contributed by atoms with Crippen LogP contribution in [-0.2, 0) is 9.84 Å². The van der Waals surface area contributed by atoms with E-state index in [-0.39, 0.29) is 26.1 Å². The van der Waals surface area contributed by atoms with Gasteiger partial charge in [0.1, 0.15) is 14.8 Å². The molecule has 0 unspecified atom stereocenters. The molecular weight excluding hydrogens is 520 g/mol. The Balaban J connectivity index is 1.89. The zero-order valence-corrected chi connectivity index (χ0v) is 21.1. The van der Waals surface area contributed by atoms with Crippen LogP contribution in [0.2, 0.25) is 0 Å².